The molecule has 0 unspecified atom stereocenters. The Hall–Kier alpha value is -4.98. The number of ether oxygens (including phenoxy) is 4. The third-order valence-corrected chi connectivity index (χ3v) is 6.68. The van der Waals surface area contributed by atoms with Crippen LogP contribution in [0.5, 0.6) is 11.5 Å². The average molecular weight is 527 g/mol. The summed E-state index contributed by atoms with van der Waals surface area (Å²) in [5.41, 5.74) is 6.09. The number of rotatable bonds is 10. The maximum absolute atomic E-state index is 10.6. The highest BCUT2D eigenvalue weighted by Crippen LogP contribution is 2.56. The van der Waals surface area contributed by atoms with Crippen LogP contribution < -0.4 is 9.47 Å². The highest BCUT2D eigenvalue weighted by Gasteiger charge is 2.45. The summed E-state index contributed by atoms with van der Waals surface area (Å²) >= 11 is 0. The minimum atomic E-state index is -1.33. The van der Waals surface area contributed by atoms with Crippen LogP contribution in [0, 0.1) is 0 Å². The lowest BCUT2D eigenvalue weighted by Crippen LogP contribution is -2.28. The molecule has 0 saturated heterocycles. The number of benzene rings is 4. The van der Waals surface area contributed by atoms with E-state index < -0.39 is 17.7 Å². The number of hydrogen-bond acceptors (Lipinski definition) is 6. The van der Waals surface area contributed by atoms with Crippen molar-refractivity contribution in [3.05, 3.63) is 119 Å². The Balaban J connectivity index is 1.52. The molecule has 0 fully saturated rings. The summed E-state index contributed by atoms with van der Waals surface area (Å²) in [6.07, 6.45) is -2.67. The number of carboxylic acid groups (broad SMARTS) is 2. The summed E-state index contributed by atoms with van der Waals surface area (Å²) in [6.45, 7) is 0.111. The van der Waals surface area contributed by atoms with Crippen molar-refractivity contribution in [2.45, 2.75) is 5.41 Å². The highest BCUT2D eigenvalue weighted by atomic mass is 16.7. The van der Waals surface area contributed by atoms with E-state index in [2.05, 4.69) is 33.7 Å². The fourth-order valence-corrected chi connectivity index (χ4v) is 5.20. The van der Waals surface area contributed by atoms with E-state index in [-0.39, 0.29) is 26.4 Å². The minimum absolute atomic E-state index is 0.0569. The van der Waals surface area contributed by atoms with Gasteiger partial charge in [0.05, 0.1) is 5.41 Å². The van der Waals surface area contributed by atoms with Crippen LogP contribution in [0.15, 0.2) is 97.1 Å². The molecular weight excluding hydrogens is 500 g/mol. The predicted octanol–water partition coefficient (Wildman–Crippen LogP) is 6.20. The van der Waals surface area contributed by atoms with Gasteiger partial charge in [-0.1, -0.05) is 72.8 Å². The third-order valence-electron chi connectivity index (χ3n) is 6.68. The zero-order valence-electron chi connectivity index (χ0n) is 20.9. The average Bonchev–Trinajstić information content (AvgIpc) is 3.25. The molecule has 0 atom stereocenters. The SMILES string of the molecule is O=C(O)OCCOc1ccc(C2(c3ccc(OCCOC(=O)O)cc3)c3ccccc3-c3ccccc32)cc1. The second-order valence-electron chi connectivity index (χ2n) is 8.82. The smallest absolute Gasteiger partial charge is 0.490 e. The number of carbonyl (C=O) groups is 2. The van der Waals surface area contributed by atoms with E-state index in [1.54, 1.807) is 0 Å². The van der Waals surface area contributed by atoms with E-state index in [0.717, 1.165) is 33.4 Å². The van der Waals surface area contributed by atoms with Crippen LogP contribution >= 0.6 is 0 Å². The summed E-state index contributed by atoms with van der Waals surface area (Å²) in [6, 6.07) is 32.3. The largest absolute Gasteiger partial charge is 0.505 e. The molecule has 8 nitrogen and oxygen atoms in total. The van der Waals surface area contributed by atoms with E-state index in [1.165, 1.54) is 0 Å². The first-order chi connectivity index (χ1) is 19.0. The standard InChI is InChI=1S/C31H26O8/c32-29(33)38-19-17-36-23-13-9-21(10-14-23)31(22-11-15-24(16-12-22)37-18-20-39-30(34)35)27-7-3-1-5-25(27)26-6-2-4-8-28(26)31/h1-16H,17-20H2,(H,32,33)(H,34,35). The molecule has 0 aromatic heterocycles. The van der Waals surface area contributed by atoms with Gasteiger partial charge in [-0.05, 0) is 57.6 Å². The van der Waals surface area contributed by atoms with Gasteiger partial charge >= 0.3 is 12.3 Å². The summed E-state index contributed by atoms with van der Waals surface area (Å²) < 4.78 is 20.4. The van der Waals surface area contributed by atoms with Crippen LogP contribution in [-0.4, -0.2) is 49.0 Å². The van der Waals surface area contributed by atoms with Gasteiger partial charge in [0, 0.05) is 0 Å². The van der Waals surface area contributed by atoms with E-state index in [0.29, 0.717) is 11.5 Å². The molecule has 8 heteroatoms. The molecule has 2 N–H and O–H groups in total. The van der Waals surface area contributed by atoms with Gasteiger partial charge in [0.25, 0.3) is 0 Å². The zero-order valence-corrected chi connectivity index (χ0v) is 20.9. The first kappa shape index (κ1) is 25.7. The molecule has 0 radical (unpaired) electrons. The maximum atomic E-state index is 10.6. The molecule has 1 aliphatic carbocycles. The molecular formula is C31H26O8. The first-order valence-electron chi connectivity index (χ1n) is 12.4. The molecule has 0 spiro atoms. The van der Waals surface area contributed by atoms with Gasteiger partial charge in [0.15, 0.2) is 0 Å². The van der Waals surface area contributed by atoms with E-state index in [1.807, 2.05) is 72.8 Å². The van der Waals surface area contributed by atoms with Crippen LogP contribution in [-0.2, 0) is 14.9 Å². The van der Waals surface area contributed by atoms with Crippen LogP contribution in [0.4, 0.5) is 9.59 Å². The van der Waals surface area contributed by atoms with Gasteiger partial charge in [-0.25, -0.2) is 9.59 Å². The van der Waals surface area contributed by atoms with Gasteiger partial charge in [0.2, 0.25) is 0 Å². The lowest BCUT2D eigenvalue weighted by atomic mass is 9.68. The Morgan fingerprint density at radius 1 is 0.538 bits per heavy atom. The summed E-state index contributed by atoms with van der Waals surface area (Å²) in [5.74, 6) is 1.21. The Labute approximate surface area is 225 Å². The molecule has 5 rings (SSSR count). The van der Waals surface area contributed by atoms with E-state index in [4.69, 9.17) is 19.7 Å². The normalized spacial score (nSPS) is 12.6. The molecule has 4 aromatic rings. The van der Waals surface area contributed by atoms with Crippen molar-refractivity contribution in [1.82, 2.24) is 0 Å². The predicted molar refractivity (Wildman–Crippen MR) is 143 cm³/mol. The molecule has 4 aromatic carbocycles. The van der Waals surface area contributed by atoms with Crippen molar-refractivity contribution >= 4 is 12.3 Å². The highest BCUT2D eigenvalue weighted by molar-refractivity contribution is 5.86. The van der Waals surface area contributed by atoms with Crippen LogP contribution in [0.1, 0.15) is 22.3 Å². The molecule has 1 aliphatic rings. The van der Waals surface area contributed by atoms with E-state index >= 15 is 0 Å². The van der Waals surface area contributed by atoms with Crippen molar-refractivity contribution in [2.75, 3.05) is 26.4 Å². The summed E-state index contributed by atoms with van der Waals surface area (Å²) in [5, 5.41) is 17.3. The molecule has 0 heterocycles. The minimum Gasteiger partial charge on any atom is -0.490 e. The number of hydrogen-bond donors (Lipinski definition) is 2. The van der Waals surface area contributed by atoms with E-state index in [9.17, 15) is 9.59 Å². The van der Waals surface area contributed by atoms with Gasteiger partial charge in [-0.3, -0.25) is 0 Å². The van der Waals surface area contributed by atoms with Crippen molar-refractivity contribution in [3.8, 4) is 22.6 Å². The van der Waals surface area contributed by atoms with Crippen LogP contribution in [0.25, 0.3) is 11.1 Å². The Kier molecular flexibility index (Phi) is 7.36. The third kappa shape index (κ3) is 5.09. The molecule has 0 amide bonds. The second-order valence-corrected chi connectivity index (χ2v) is 8.82. The van der Waals surface area contributed by atoms with Gasteiger partial charge < -0.3 is 29.2 Å². The molecule has 39 heavy (non-hydrogen) atoms. The van der Waals surface area contributed by atoms with Gasteiger partial charge in [-0.2, -0.15) is 0 Å². The van der Waals surface area contributed by atoms with Crippen molar-refractivity contribution in [1.29, 1.82) is 0 Å². The Morgan fingerprint density at radius 2 is 0.923 bits per heavy atom. The lowest BCUT2D eigenvalue weighted by Gasteiger charge is -2.34. The zero-order chi connectivity index (χ0) is 27.2. The van der Waals surface area contributed by atoms with Crippen molar-refractivity contribution < 1.29 is 38.7 Å². The second kappa shape index (κ2) is 11.2. The Bertz CT molecular complexity index is 1350. The van der Waals surface area contributed by atoms with Crippen LogP contribution in [0.3, 0.4) is 0 Å². The first-order valence-corrected chi connectivity index (χ1v) is 12.4. The van der Waals surface area contributed by atoms with Crippen molar-refractivity contribution in [3.63, 3.8) is 0 Å². The van der Waals surface area contributed by atoms with Gasteiger partial charge in [-0.15, -0.1) is 0 Å². The maximum Gasteiger partial charge on any atom is 0.505 e. The topological polar surface area (TPSA) is 112 Å². The fourth-order valence-electron chi connectivity index (χ4n) is 5.20. The monoisotopic (exact) mass is 526 g/mol. The summed E-state index contributed by atoms with van der Waals surface area (Å²) in [7, 11) is 0. The number of fused-ring (bicyclic) bond motifs is 3. The fraction of sp³-hybridized carbons (Fsp3) is 0.161. The van der Waals surface area contributed by atoms with Gasteiger partial charge in [0.1, 0.15) is 37.9 Å². The molecule has 0 aliphatic heterocycles. The summed E-state index contributed by atoms with van der Waals surface area (Å²) in [4.78, 5) is 21.1. The Morgan fingerprint density at radius 3 is 1.31 bits per heavy atom. The van der Waals surface area contributed by atoms with Crippen LogP contribution in [0.2, 0.25) is 0 Å². The molecule has 0 bridgehead atoms. The molecule has 0 saturated carbocycles. The quantitative estimate of drug-likeness (QED) is 0.164. The lowest BCUT2D eigenvalue weighted by molar-refractivity contribution is 0.0772. The molecule has 198 valence electrons. The van der Waals surface area contributed by atoms with Crippen molar-refractivity contribution in [2.24, 2.45) is 0 Å².